The van der Waals surface area contributed by atoms with Gasteiger partial charge in [0.15, 0.2) is 12.4 Å². The molecule has 0 spiro atoms. The number of rotatable bonds is 6. The summed E-state index contributed by atoms with van der Waals surface area (Å²) in [6, 6.07) is 6.56. The first-order chi connectivity index (χ1) is 10.9. The molecule has 0 saturated carbocycles. The Balaban J connectivity index is 2.20. The van der Waals surface area contributed by atoms with E-state index in [1.54, 1.807) is 24.3 Å². The molecule has 1 amide bonds. The van der Waals surface area contributed by atoms with Gasteiger partial charge in [0.25, 0.3) is 5.91 Å². The molecule has 0 aliphatic rings. The van der Waals surface area contributed by atoms with Crippen LogP contribution in [0.5, 0.6) is 0 Å². The van der Waals surface area contributed by atoms with E-state index in [9.17, 15) is 13.6 Å². The lowest BCUT2D eigenvalue weighted by atomic mass is 10.3. The second-order valence-corrected chi connectivity index (χ2v) is 5.24. The normalized spacial score (nSPS) is 12.2. The van der Waals surface area contributed by atoms with Crippen LogP contribution in [0.3, 0.4) is 0 Å². The minimum atomic E-state index is -2.76. The largest absolute Gasteiger partial charge is 0.385 e. The lowest BCUT2D eigenvalue weighted by Gasteiger charge is -2.08. The van der Waals surface area contributed by atoms with E-state index < -0.39 is 6.55 Å². The zero-order chi connectivity index (χ0) is 17.0. The molecule has 124 valence electrons. The van der Waals surface area contributed by atoms with E-state index in [2.05, 4.69) is 15.5 Å². The van der Waals surface area contributed by atoms with E-state index in [1.165, 1.54) is 6.92 Å². The maximum atomic E-state index is 13.3. The zero-order valence-electron chi connectivity index (χ0n) is 13.1. The van der Waals surface area contributed by atoms with Gasteiger partial charge in [-0.25, -0.2) is 4.98 Å². The van der Waals surface area contributed by atoms with Gasteiger partial charge in [-0.2, -0.15) is 8.78 Å². The van der Waals surface area contributed by atoms with Gasteiger partial charge in [-0.05, 0) is 32.9 Å². The molecule has 0 bridgehead atoms. The molecule has 1 N–H and O–H groups in total. The van der Waals surface area contributed by atoms with Gasteiger partial charge in [0, 0.05) is 6.04 Å². The summed E-state index contributed by atoms with van der Waals surface area (Å²) < 4.78 is 27.4. The summed E-state index contributed by atoms with van der Waals surface area (Å²) >= 11 is 0. The summed E-state index contributed by atoms with van der Waals surface area (Å²) in [6.07, 6.45) is 0. The van der Waals surface area contributed by atoms with Crippen molar-refractivity contribution in [2.45, 2.75) is 33.4 Å². The standard InChI is InChI=1S/C15H18F2N4O2/c1-9(2)18-13(22)8-23-20-10(3)14-19-11-6-4-5-7-12(11)21(14)15(16)17/h4-7,9,15H,8H2,1-3H3,(H,18,22). The lowest BCUT2D eigenvalue weighted by Crippen LogP contribution is -2.32. The first kappa shape index (κ1) is 16.9. The number of hydrogen-bond acceptors (Lipinski definition) is 4. The quantitative estimate of drug-likeness (QED) is 0.656. The topological polar surface area (TPSA) is 68.5 Å². The number of carbonyl (C=O) groups excluding carboxylic acids is 1. The summed E-state index contributed by atoms with van der Waals surface area (Å²) in [4.78, 5) is 20.5. The van der Waals surface area contributed by atoms with Crippen LogP contribution in [0.15, 0.2) is 29.4 Å². The fourth-order valence-electron chi connectivity index (χ4n) is 2.09. The zero-order valence-corrected chi connectivity index (χ0v) is 13.1. The number of aromatic nitrogens is 2. The van der Waals surface area contributed by atoms with Crippen LogP contribution in [0.25, 0.3) is 11.0 Å². The Kier molecular flexibility index (Phi) is 5.25. The Morgan fingerprint density at radius 2 is 2.09 bits per heavy atom. The third kappa shape index (κ3) is 4.02. The number of oxime groups is 1. The number of para-hydroxylation sites is 2. The number of nitrogens with zero attached hydrogens (tertiary/aromatic N) is 3. The minimum Gasteiger partial charge on any atom is -0.385 e. The van der Waals surface area contributed by atoms with Crippen LogP contribution in [-0.2, 0) is 9.63 Å². The molecular weight excluding hydrogens is 306 g/mol. The number of carbonyl (C=O) groups is 1. The predicted octanol–water partition coefficient (Wildman–Crippen LogP) is 2.70. The molecule has 6 nitrogen and oxygen atoms in total. The van der Waals surface area contributed by atoms with Crippen LogP contribution in [0.1, 0.15) is 33.1 Å². The molecule has 8 heteroatoms. The molecular formula is C15H18F2N4O2. The van der Waals surface area contributed by atoms with Gasteiger partial charge in [-0.3, -0.25) is 9.36 Å². The van der Waals surface area contributed by atoms with Crippen molar-refractivity contribution in [3.63, 3.8) is 0 Å². The number of imidazole rings is 1. The van der Waals surface area contributed by atoms with Crippen molar-refractivity contribution in [1.82, 2.24) is 14.9 Å². The molecule has 1 heterocycles. The lowest BCUT2D eigenvalue weighted by molar-refractivity contribution is -0.126. The first-order valence-electron chi connectivity index (χ1n) is 7.11. The second-order valence-electron chi connectivity index (χ2n) is 5.24. The van der Waals surface area contributed by atoms with Gasteiger partial charge in [-0.15, -0.1) is 0 Å². The molecule has 2 aromatic rings. The van der Waals surface area contributed by atoms with Gasteiger partial charge >= 0.3 is 6.55 Å². The third-order valence-electron chi connectivity index (χ3n) is 2.96. The van der Waals surface area contributed by atoms with Crippen molar-refractivity contribution < 1.29 is 18.4 Å². The molecule has 23 heavy (non-hydrogen) atoms. The number of benzene rings is 1. The van der Waals surface area contributed by atoms with Crippen molar-refractivity contribution in [2.75, 3.05) is 6.61 Å². The van der Waals surface area contributed by atoms with Gasteiger partial charge in [0.05, 0.1) is 11.0 Å². The second kappa shape index (κ2) is 7.17. The maximum absolute atomic E-state index is 13.3. The first-order valence-corrected chi connectivity index (χ1v) is 7.11. The van der Waals surface area contributed by atoms with Crippen molar-refractivity contribution in [3.05, 3.63) is 30.1 Å². The number of alkyl halides is 2. The van der Waals surface area contributed by atoms with E-state index in [4.69, 9.17) is 4.84 Å². The van der Waals surface area contributed by atoms with E-state index in [1.807, 2.05) is 13.8 Å². The third-order valence-corrected chi connectivity index (χ3v) is 2.96. The average Bonchev–Trinajstić information content (AvgIpc) is 2.85. The van der Waals surface area contributed by atoms with Crippen LogP contribution < -0.4 is 5.32 Å². The molecule has 0 atom stereocenters. The number of hydrogen-bond donors (Lipinski definition) is 1. The summed E-state index contributed by atoms with van der Waals surface area (Å²) in [5.74, 6) is -0.329. The molecule has 2 rings (SSSR count). The highest BCUT2D eigenvalue weighted by Crippen LogP contribution is 2.23. The van der Waals surface area contributed by atoms with Crippen molar-refractivity contribution in [2.24, 2.45) is 5.16 Å². The Morgan fingerprint density at radius 1 is 1.39 bits per heavy atom. The van der Waals surface area contributed by atoms with Gasteiger partial charge in [-0.1, -0.05) is 17.3 Å². The van der Waals surface area contributed by atoms with Crippen molar-refractivity contribution in [3.8, 4) is 0 Å². The summed E-state index contributed by atoms with van der Waals surface area (Å²) in [5.41, 5.74) is 0.915. The maximum Gasteiger partial charge on any atom is 0.320 e. The van der Waals surface area contributed by atoms with E-state index in [-0.39, 0.29) is 30.1 Å². The Hall–Kier alpha value is -2.51. The fraction of sp³-hybridized carbons (Fsp3) is 0.400. The van der Waals surface area contributed by atoms with Gasteiger partial charge in [0.2, 0.25) is 0 Å². The Labute approximate surface area is 132 Å². The van der Waals surface area contributed by atoms with Gasteiger partial charge < -0.3 is 10.2 Å². The smallest absolute Gasteiger partial charge is 0.320 e. The predicted molar refractivity (Wildman–Crippen MR) is 82.4 cm³/mol. The Morgan fingerprint density at radius 3 is 2.74 bits per heavy atom. The van der Waals surface area contributed by atoms with Crippen LogP contribution in [0, 0.1) is 0 Å². The van der Waals surface area contributed by atoms with Crippen LogP contribution >= 0.6 is 0 Å². The van der Waals surface area contributed by atoms with Gasteiger partial charge in [0.1, 0.15) is 5.71 Å². The number of halogens is 2. The highest BCUT2D eigenvalue weighted by Gasteiger charge is 2.19. The molecule has 0 unspecified atom stereocenters. The Bertz CT molecular complexity index is 725. The molecule has 0 aliphatic carbocycles. The highest BCUT2D eigenvalue weighted by molar-refractivity contribution is 5.98. The fourth-order valence-corrected chi connectivity index (χ4v) is 2.09. The monoisotopic (exact) mass is 324 g/mol. The van der Waals surface area contributed by atoms with E-state index in [0.717, 1.165) is 4.57 Å². The minimum absolute atomic E-state index is 0.00506. The SMILES string of the molecule is CC(=NOCC(=O)NC(C)C)c1nc2ccccc2n1C(F)F. The molecule has 1 aromatic heterocycles. The van der Waals surface area contributed by atoms with Crippen molar-refractivity contribution >= 4 is 22.7 Å². The average molecular weight is 324 g/mol. The van der Waals surface area contributed by atoms with Crippen molar-refractivity contribution in [1.29, 1.82) is 0 Å². The van der Waals surface area contributed by atoms with Crippen LogP contribution in [-0.4, -0.2) is 33.8 Å². The van der Waals surface area contributed by atoms with E-state index in [0.29, 0.717) is 11.0 Å². The number of amides is 1. The molecule has 1 aromatic carbocycles. The number of fused-ring (bicyclic) bond motifs is 1. The van der Waals surface area contributed by atoms with Crippen LogP contribution in [0.2, 0.25) is 0 Å². The molecule has 0 fully saturated rings. The summed E-state index contributed by atoms with van der Waals surface area (Å²) in [5, 5.41) is 6.35. The molecule has 0 radical (unpaired) electrons. The van der Waals surface area contributed by atoms with E-state index >= 15 is 0 Å². The number of nitrogens with one attached hydrogen (secondary N) is 1. The molecule has 0 aliphatic heterocycles. The molecule has 0 saturated heterocycles. The highest BCUT2D eigenvalue weighted by atomic mass is 19.3. The van der Waals surface area contributed by atoms with Crippen LogP contribution in [0.4, 0.5) is 8.78 Å². The summed E-state index contributed by atoms with van der Waals surface area (Å²) in [6.45, 7) is 2.09. The summed E-state index contributed by atoms with van der Waals surface area (Å²) in [7, 11) is 0.